The number of carbonyl (C=O) groups excluding carboxylic acids is 1. The third-order valence-corrected chi connectivity index (χ3v) is 3.97. The Labute approximate surface area is 132 Å². The predicted molar refractivity (Wildman–Crippen MR) is 91.4 cm³/mol. The van der Waals surface area contributed by atoms with Crippen LogP contribution in [0.25, 0.3) is 0 Å². The second kappa shape index (κ2) is 7.80. The minimum Gasteiger partial charge on any atom is -0.525 e. The van der Waals surface area contributed by atoms with E-state index in [4.69, 9.17) is 10.4 Å². The second-order valence-electron chi connectivity index (χ2n) is 5.55. The fourth-order valence-electron chi connectivity index (χ4n) is 2.27. The topological polar surface area (TPSA) is 52.3 Å². The number of carbonyl (C=O) groups is 1. The molecule has 22 heavy (non-hydrogen) atoms. The first-order valence-corrected chi connectivity index (χ1v) is 7.69. The van der Waals surface area contributed by atoms with E-state index < -0.39 is 13.0 Å². The third-order valence-electron chi connectivity index (χ3n) is 3.97. The van der Waals surface area contributed by atoms with Crippen LogP contribution in [0.3, 0.4) is 0 Å². The van der Waals surface area contributed by atoms with Crippen molar-refractivity contribution >= 4 is 23.8 Å². The van der Waals surface area contributed by atoms with E-state index in [1.54, 1.807) is 0 Å². The Balaban J connectivity index is 2.25. The van der Waals surface area contributed by atoms with Crippen molar-refractivity contribution in [2.75, 3.05) is 0 Å². The highest BCUT2D eigenvalue weighted by atomic mass is 16.5. The highest BCUT2D eigenvalue weighted by molar-refractivity contribution is 6.81. The Kier molecular flexibility index (Phi) is 5.79. The minimum absolute atomic E-state index is 0.0969. The van der Waals surface area contributed by atoms with Gasteiger partial charge in [0.05, 0.1) is 0 Å². The van der Waals surface area contributed by atoms with Gasteiger partial charge in [-0.25, -0.2) is 0 Å². The molecule has 0 heterocycles. The molecular weight excluding hydrogens is 273 g/mol. The van der Waals surface area contributed by atoms with Crippen molar-refractivity contribution in [3.63, 3.8) is 0 Å². The van der Waals surface area contributed by atoms with E-state index in [1.165, 1.54) is 0 Å². The number of hydrogen-bond acceptors (Lipinski definition) is 3. The normalized spacial score (nSPS) is 13.2. The molecule has 0 saturated carbocycles. The monoisotopic (exact) mass is 295 g/mol. The number of hydrogen-bond donors (Lipinski definition) is 1. The van der Waals surface area contributed by atoms with Crippen molar-refractivity contribution in [2.45, 2.75) is 26.3 Å². The molecule has 0 aliphatic rings. The molecule has 0 radical (unpaired) electrons. The van der Waals surface area contributed by atoms with Gasteiger partial charge in [0.2, 0.25) is 0 Å². The van der Waals surface area contributed by atoms with Crippen LogP contribution in [0.2, 0.25) is 0 Å². The molecule has 0 fully saturated rings. The molecule has 0 aliphatic heterocycles. The van der Waals surface area contributed by atoms with E-state index in [0.29, 0.717) is 0 Å². The molecule has 0 aliphatic carbocycles. The maximum Gasteiger partial charge on any atom is 0.429 e. The molecule has 2 aromatic rings. The number of nitrogens with two attached hydrogens (primary N) is 1. The van der Waals surface area contributed by atoms with Crippen LogP contribution in [0.1, 0.15) is 20.3 Å². The summed E-state index contributed by atoms with van der Waals surface area (Å²) in [4.78, 5) is 12.4. The quantitative estimate of drug-likeness (QED) is 0.825. The largest absolute Gasteiger partial charge is 0.525 e. The molecule has 3 nitrogen and oxygen atoms in total. The van der Waals surface area contributed by atoms with Crippen molar-refractivity contribution in [1.82, 2.24) is 0 Å². The van der Waals surface area contributed by atoms with Gasteiger partial charge in [-0.15, -0.1) is 0 Å². The van der Waals surface area contributed by atoms with Gasteiger partial charge in [0.1, 0.15) is 6.04 Å². The van der Waals surface area contributed by atoms with Gasteiger partial charge in [0.15, 0.2) is 0 Å². The molecule has 0 aromatic heterocycles. The second-order valence-corrected chi connectivity index (χ2v) is 5.55. The lowest BCUT2D eigenvalue weighted by atomic mass is 9.55. The summed E-state index contributed by atoms with van der Waals surface area (Å²) in [6, 6.07) is 18.9. The zero-order valence-corrected chi connectivity index (χ0v) is 13.1. The van der Waals surface area contributed by atoms with Crippen LogP contribution in [0.4, 0.5) is 0 Å². The van der Waals surface area contributed by atoms with Crippen LogP contribution >= 0.6 is 0 Å². The van der Waals surface area contributed by atoms with Gasteiger partial charge in [-0.3, -0.25) is 4.79 Å². The summed E-state index contributed by atoms with van der Waals surface area (Å²) in [6.45, 7) is 3.56. The summed E-state index contributed by atoms with van der Waals surface area (Å²) >= 11 is 0. The first-order chi connectivity index (χ1) is 10.6. The van der Waals surface area contributed by atoms with Gasteiger partial charge < -0.3 is 10.4 Å². The Morgan fingerprint density at radius 2 is 1.50 bits per heavy atom. The molecule has 0 saturated heterocycles. The van der Waals surface area contributed by atoms with Crippen molar-refractivity contribution in [2.24, 2.45) is 11.7 Å². The van der Waals surface area contributed by atoms with Gasteiger partial charge >= 0.3 is 12.9 Å². The fraction of sp³-hybridized carbons (Fsp3) is 0.278. The average Bonchev–Trinajstić information content (AvgIpc) is 2.59. The van der Waals surface area contributed by atoms with Crippen molar-refractivity contribution in [1.29, 1.82) is 0 Å². The summed E-state index contributed by atoms with van der Waals surface area (Å²) in [7, 11) is 0. The van der Waals surface area contributed by atoms with Gasteiger partial charge in [-0.2, -0.15) is 0 Å². The highest BCUT2D eigenvalue weighted by Gasteiger charge is 2.29. The van der Waals surface area contributed by atoms with Crippen LogP contribution in [-0.2, 0) is 9.45 Å². The Hall–Kier alpha value is -2.07. The summed E-state index contributed by atoms with van der Waals surface area (Å²) in [5.41, 5.74) is 7.89. The van der Waals surface area contributed by atoms with E-state index in [2.05, 4.69) is 0 Å². The predicted octanol–water partition coefficient (Wildman–Crippen LogP) is 1.71. The molecule has 0 amide bonds. The van der Waals surface area contributed by atoms with Gasteiger partial charge in [-0.05, 0) is 16.8 Å². The van der Waals surface area contributed by atoms with E-state index in [1.807, 2.05) is 74.5 Å². The lowest BCUT2D eigenvalue weighted by molar-refractivity contribution is -0.137. The minimum atomic E-state index is -0.597. The van der Waals surface area contributed by atoms with Gasteiger partial charge in [-0.1, -0.05) is 80.9 Å². The molecule has 2 N–H and O–H groups in total. The fourth-order valence-corrected chi connectivity index (χ4v) is 2.27. The molecule has 0 spiro atoms. The smallest absolute Gasteiger partial charge is 0.429 e. The first kappa shape index (κ1) is 16.3. The number of rotatable bonds is 6. The average molecular weight is 295 g/mol. The Morgan fingerprint density at radius 1 is 1.05 bits per heavy atom. The summed E-state index contributed by atoms with van der Waals surface area (Å²) in [5.74, 6) is -0.258. The van der Waals surface area contributed by atoms with E-state index in [0.717, 1.165) is 17.3 Å². The Morgan fingerprint density at radius 3 is 1.91 bits per heavy atom. The first-order valence-electron chi connectivity index (χ1n) is 7.69. The van der Waals surface area contributed by atoms with Crippen LogP contribution < -0.4 is 16.7 Å². The van der Waals surface area contributed by atoms with Crippen molar-refractivity contribution in [3.8, 4) is 0 Å². The van der Waals surface area contributed by atoms with E-state index >= 15 is 0 Å². The van der Waals surface area contributed by atoms with Crippen LogP contribution in [0.5, 0.6) is 0 Å². The van der Waals surface area contributed by atoms with Crippen molar-refractivity contribution < 1.29 is 9.45 Å². The third kappa shape index (κ3) is 3.98. The standard InChI is InChI=1S/C18H22BNO2/c1-3-14(2)17(20)18(21)22-19(15-10-6-4-7-11-15)16-12-8-5-9-13-16/h4-14,17H,3,20H2,1-2H3/t14-,17-/m0/s1. The summed E-state index contributed by atoms with van der Waals surface area (Å²) < 4.78 is 5.74. The summed E-state index contributed by atoms with van der Waals surface area (Å²) in [5, 5.41) is 0. The van der Waals surface area contributed by atoms with E-state index in [-0.39, 0.29) is 11.9 Å². The lowest BCUT2D eigenvalue weighted by Crippen LogP contribution is -2.50. The van der Waals surface area contributed by atoms with E-state index in [9.17, 15) is 4.79 Å². The maximum atomic E-state index is 12.4. The van der Waals surface area contributed by atoms with Crippen LogP contribution in [0, 0.1) is 5.92 Å². The molecule has 2 rings (SSSR count). The van der Waals surface area contributed by atoms with Gasteiger partial charge in [0.25, 0.3) is 0 Å². The van der Waals surface area contributed by atoms with Crippen molar-refractivity contribution in [3.05, 3.63) is 60.7 Å². The summed E-state index contributed by atoms with van der Waals surface area (Å²) in [6.07, 6.45) is 0.845. The highest BCUT2D eigenvalue weighted by Crippen LogP contribution is 2.07. The Bertz CT molecular complexity index is 549. The molecular formula is C18H22BNO2. The van der Waals surface area contributed by atoms with Gasteiger partial charge in [0, 0.05) is 0 Å². The molecule has 114 valence electrons. The molecule has 2 aromatic carbocycles. The zero-order valence-electron chi connectivity index (χ0n) is 13.1. The van der Waals surface area contributed by atoms with Crippen LogP contribution in [-0.4, -0.2) is 18.9 Å². The number of benzene rings is 2. The lowest BCUT2D eigenvalue weighted by Gasteiger charge is -2.21. The SMILES string of the molecule is CC[C@H](C)[C@H](N)C(=O)OB(c1ccccc1)c1ccccc1. The maximum absolute atomic E-state index is 12.4. The zero-order chi connectivity index (χ0) is 15.9. The van der Waals surface area contributed by atoms with Crippen LogP contribution in [0.15, 0.2) is 60.7 Å². The molecule has 0 bridgehead atoms. The molecule has 2 atom stereocenters. The molecule has 4 heteroatoms. The molecule has 0 unspecified atom stereocenters.